The molecular formula is C9H19NO3. The van der Waals surface area contributed by atoms with E-state index in [9.17, 15) is 9.90 Å². The summed E-state index contributed by atoms with van der Waals surface area (Å²) in [6.07, 6.45) is 2.58. The Labute approximate surface area is 79.1 Å². The summed E-state index contributed by atoms with van der Waals surface area (Å²) in [6.45, 7) is 2.09. The van der Waals surface area contributed by atoms with Crippen molar-refractivity contribution in [1.29, 1.82) is 0 Å². The molecule has 4 nitrogen and oxygen atoms in total. The lowest BCUT2D eigenvalue weighted by molar-refractivity contribution is -0.151. The summed E-state index contributed by atoms with van der Waals surface area (Å²) >= 11 is 0. The van der Waals surface area contributed by atoms with E-state index in [4.69, 9.17) is 5.73 Å². The fraction of sp³-hybridized carbons (Fsp3) is 0.889. The van der Waals surface area contributed by atoms with Crippen molar-refractivity contribution in [2.75, 3.05) is 7.11 Å². The van der Waals surface area contributed by atoms with Gasteiger partial charge in [0.25, 0.3) is 0 Å². The largest absolute Gasteiger partial charge is 0.467 e. The van der Waals surface area contributed by atoms with Gasteiger partial charge in [-0.3, -0.25) is 0 Å². The number of aliphatic hydroxyl groups is 1. The molecule has 0 aliphatic rings. The third-order valence-corrected chi connectivity index (χ3v) is 1.99. The highest BCUT2D eigenvalue weighted by Crippen LogP contribution is 2.05. The Bertz CT molecular complexity index is 150. The van der Waals surface area contributed by atoms with Crippen molar-refractivity contribution < 1.29 is 14.6 Å². The van der Waals surface area contributed by atoms with Crippen LogP contribution in [0, 0.1) is 0 Å². The Balaban J connectivity index is 3.68. The minimum Gasteiger partial charge on any atom is -0.467 e. The first-order valence-electron chi connectivity index (χ1n) is 4.65. The van der Waals surface area contributed by atoms with Crippen molar-refractivity contribution in [2.24, 2.45) is 5.73 Å². The van der Waals surface area contributed by atoms with Gasteiger partial charge < -0.3 is 15.6 Å². The molecule has 0 aromatic rings. The third-order valence-electron chi connectivity index (χ3n) is 1.99. The molecule has 2 atom stereocenters. The average molecular weight is 189 g/mol. The van der Waals surface area contributed by atoms with Gasteiger partial charge >= 0.3 is 5.97 Å². The van der Waals surface area contributed by atoms with Crippen molar-refractivity contribution >= 4 is 5.97 Å². The molecule has 0 radical (unpaired) electrons. The number of hydrogen-bond acceptors (Lipinski definition) is 4. The van der Waals surface area contributed by atoms with Crippen LogP contribution in [-0.4, -0.2) is 30.3 Å². The predicted molar refractivity (Wildman–Crippen MR) is 50.1 cm³/mol. The van der Waals surface area contributed by atoms with Crippen LogP contribution in [0.25, 0.3) is 0 Å². The minimum absolute atomic E-state index is 0.501. The lowest BCUT2D eigenvalue weighted by atomic mass is 10.0. The molecule has 0 aliphatic carbocycles. The molecule has 0 rings (SSSR count). The number of rotatable bonds is 6. The topological polar surface area (TPSA) is 72.5 Å². The molecule has 0 saturated carbocycles. The summed E-state index contributed by atoms with van der Waals surface area (Å²) in [4.78, 5) is 10.8. The van der Waals surface area contributed by atoms with Crippen molar-refractivity contribution in [2.45, 2.75) is 44.8 Å². The predicted octanol–water partition coefficient (Wildman–Crippen LogP) is 0.428. The molecule has 0 fully saturated rings. The molecule has 78 valence electrons. The number of esters is 1. The SMILES string of the molecule is CCCCCC(N)C(O)C(=O)OC. The van der Waals surface area contributed by atoms with Gasteiger partial charge in [0.1, 0.15) is 0 Å². The summed E-state index contributed by atoms with van der Waals surface area (Å²) < 4.78 is 4.37. The summed E-state index contributed by atoms with van der Waals surface area (Å²) in [5.41, 5.74) is 5.58. The highest BCUT2D eigenvalue weighted by Gasteiger charge is 2.22. The zero-order valence-corrected chi connectivity index (χ0v) is 8.32. The van der Waals surface area contributed by atoms with E-state index in [0.717, 1.165) is 19.3 Å². The number of methoxy groups -OCH3 is 1. The fourth-order valence-electron chi connectivity index (χ4n) is 1.08. The van der Waals surface area contributed by atoms with Crippen LogP contribution < -0.4 is 5.73 Å². The monoisotopic (exact) mass is 189 g/mol. The van der Waals surface area contributed by atoms with Gasteiger partial charge in [-0.1, -0.05) is 26.2 Å². The molecular weight excluding hydrogens is 170 g/mol. The third kappa shape index (κ3) is 4.85. The summed E-state index contributed by atoms with van der Waals surface area (Å²) in [5, 5.41) is 9.29. The average Bonchev–Trinajstić information content (AvgIpc) is 2.15. The molecule has 13 heavy (non-hydrogen) atoms. The van der Waals surface area contributed by atoms with Crippen LogP contribution in [0.3, 0.4) is 0 Å². The van der Waals surface area contributed by atoms with Crippen LogP contribution >= 0.6 is 0 Å². The van der Waals surface area contributed by atoms with Crippen molar-refractivity contribution in [3.8, 4) is 0 Å². The van der Waals surface area contributed by atoms with Gasteiger partial charge in [0.15, 0.2) is 6.10 Å². The molecule has 0 heterocycles. The van der Waals surface area contributed by atoms with Crippen LogP contribution in [0.4, 0.5) is 0 Å². The molecule has 0 bridgehead atoms. The number of hydrogen-bond donors (Lipinski definition) is 2. The van der Waals surface area contributed by atoms with Gasteiger partial charge in [-0.05, 0) is 6.42 Å². The van der Waals surface area contributed by atoms with Crippen LogP contribution in [-0.2, 0) is 9.53 Å². The number of unbranched alkanes of at least 4 members (excludes halogenated alkanes) is 2. The lowest BCUT2D eigenvalue weighted by Gasteiger charge is -2.15. The van der Waals surface area contributed by atoms with E-state index >= 15 is 0 Å². The van der Waals surface area contributed by atoms with E-state index in [2.05, 4.69) is 11.7 Å². The zero-order chi connectivity index (χ0) is 10.3. The van der Waals surface area contributed by atoms with Crippen molar-refractivity contribution in [3.05, 3.63) is 0 Å². The molecule has 0 spiro atoms. The highest BCUT2D eigenvalue weighted by atomic mass is 16.5. The Kier molecular flexibility index (Phi) is 6.54. The summed E-state index contributed by atoms with van der Waals surface area (Å²) in [5.74, 6) is -0.649. The maximum absolute atomic E-state index is 10.8. The first-order valence-corrected chi connectivity index (χ1v) is 4.65. The second-order valence-electron chi connectivity index (χ2n) is 3.13. The normalized spacial score (nSPS) is 15.1. The molecule has 0 amide bonds. The second-order valence-corrected chi connectivity index (χ2v) is 3.13. The number of nitrogens with two attached hydrogens (primary N) is 1. The van der Waals surface area contributed by atoms with Gasteiger partial charge in [0, 0.05) is 6.04 Å². The second kappa shape index (κ2) is 6.86. The van der Waals surface area contributed by atoms with Gasteiger partial charge in [-0.25, -0.2) is 4.79 Å². The van der Waals surface area contributed by atoms with E-state index < -0.39 is 18.1 Å². The standard InChI is InChI=1S/C9H19NO3/c1-3-4-5-6-7(10)8(11)9(12)13-2/h7-8,11H,3-6,10H2,1-2H3. The van der Waals surface area contributed by atoms with Crippen molar-refractivity contribution in [1.82, 2.24) is 0 Å². The summed E-state index contributed by atoms with van der Waals surface area (Å²) in [6, 6.07) is -0.501. The Morgan fingerprint density at radius 2 is 2.15 bits per heavy atom. The lowest BCUT2D eigenvalue weighted by Crippen LogP contribution is -2.41. The van der Waals surface area contributed by atoms with Crippen LogP contribution in [0.15, 0.2) is 0 Å². The molecule has 3 N–H and O–H groups in total. The van der Waals surface area contributed by atoms with E-state index in [1.54, 1.807) is 0 Å². The minimum atomic E-state index is -1.18. The molecule has 2 unspecified atom stereocenters. The highest BCUT2D eigenvalue weighted by molar-refractivity contribution is 5.75. The molecule has 0 saturated heterocycles. The Morgan fingerprint density at radius 1 is 1.54 bits per heavy atom. The van der Waals surface area contributed by atoms with Gasteiger partial charge in [0.2, 0.25) is 0 Å². The molecule has 0 aromatic carbocycles. The van der Waals surface area contributed by atoms with E-state index in [1.807, 2.05) is 0 Å². The maximum atomic E-state index is 10.8. The van der Waals surface area contributed by atoms with Gasteiger partial charge in [-0.2, -0.15) is 0 Å². The van der Waals surface area contributed by atoms with Gasteiger partial charge in [0.05, 0.1) is 7.11 Å². The van der Waals surface area contributed by atoms with Gasteiger partial charge in [-0.15, -0.1) is 0 Å². The molecule has 0 aliphatic heterocycles. The van der Waals surface area contributed by atoms with E-state index in [-0.39, 0.29) is 0 Å². The first kappa shape index (κ1) is 12.4. The fourth-order valence-corrected chi connectivity index (χ4v) is 1.08. The first-order chi connectivity index (χ1) is 6.13. The number of ether oxygens (including phenoxy) is 1. The van der Waals surface area contributed by atoms with E-state index in [0.29, 0.717) is 6.42 Å². The smallest absolute Gasteiger partial charge is 0.336 e. The molecule has 4 heteroatoms. The molecule has 0 aromatic heterocycles. The van der Waals surface area contributed by atoms with Crippen molar-refractivity contribution in [3.63, 3.8) is 0 Å². The Morgan fingerprint density at radius 3 is 2.62 bits per heavy atom. The zero-order valence-electron chi connectivity index (χ0n) is 8.32. The Hall–Kier alpha value is -0.610. The quantitative estimate of drug-likeness (QED) is 0.469. The summed E-state index contributed by atoms with van der Waals surface area (Å²) in [7, 11) is 1.24. The maximum Gasteiger partial charge on any atom is 0.336 e. The number of carbonyl (C=O) groups excluding carboxylic acids is 1. The number of aliphatic hydroxyl groups excluding tert-OH is 1. The number of carbonyl (C=O) groups is 1. The van der Waals surface area contributed by atoms with Crippen LogP contribution in [0.5, 0.6) is 0 Å². The van der Waals surface area contributed by atoms with Crippen LogP contribution in [0.2, 0.25) is 0 Å². The van der Waals surface area contributed by atoms with E-state index in [1.165, 1.54) is 7.11 Å². The van der Waals surface area contributed by atoms with Crippen LogP contribution in [0.1, 0.15) is 32.6 Å².